The number of carboxylic acids is 1. The van der Waals surface area contributed by atoms with Crippen LogP contribution in [0, 0.1) is 13.8 Å². The quantitative estimate of drug-likeness (QED) is 0.659. The van der Waals surface area contributed by atoms with E-state index >= 15 is 0 Å². The first kappa shape index (κ1) is 17.1. The van der Waals surface area contributed by atoms with E-state index in [2.05, 4.69) is 10.0 Å². The van der Waals surface area contributed by atoms with Crippen molar-refractivity contribution in [2.75, 3.05) is 13.1 Å². The molecule has 0 atom stereocenters. The molecule has 0 aliphatic rings. The molecule has 0 radical (unpaired) electrons. The van der Waals surface area contributed by atoms with Crippen molar-refractivity contribution in [1.82, 2.24) is 10.0 Å². The highest BCUT2D eigenvalue weighted by Crippen LogP contribution is 2.21. The van der Waals surface area contributed by atoms with Crippen molar-refractivity contribution in [2.24, 2.45) is 0 Å². The number of carbonyl (C=O) groups is 2. The van der Waals surface area contributed by atoms with Gasteiger partial charge in [0.15, 0.2) is 0 Å². The number of aromatic carboxylic acids is 1. The molecule has 0 spiro atoms. The van der Waals surface area contributed by atoms with E-state index in [1.807, 2.05) is 0 Å². The molecule has 116 valence electrons. The molecule has 0 bridgehead atoms. The predicted octanol–water partition coefficient (Wildman–Crippen LogP) is 0.416. The number of hydrogen-bond donors (Lipinski definition) is 3. The van der Waals surface area contributed by atoms with E-state index < -0.39 is 16.0 Å². The number of benzene rings is 1. The van der Waals surface area contributed by atoms with E-state index in [0.717, 1.165) is 6.07 Å². The average molecular weight is 314 g/mol. The summed E-state index contributed by atoms with van der Waals surface area (Å²) in [6.45, 7) is 4.78. The molecule has 0 aliphatic carbocycles. The van der Waals surface area contributed by atoms with Gasteiger partial charge in [0.1, 0.15) is 0 Å². The largest absolute Gasteiger partial charge is 0.478 e. The number of hydrogen-bond acceptors (Lipinski definition) is 4. The van der Waals surface area contributed by atoms with Gasteiger partial charge in [0.2, 0.25) is 15.9 Å². The summed E-state index contributed by atoms with van der Waals surface area (Å²) in [5.74, 6) is -1.44. The van der Waals surface area contributed by atoms with Gasteiger partial charge in [-0.3, -0.25) is 4.79 Å². The van der Waals surface area contributed by atoms with Crippen molar-refractivity contribution in [3.63, 3.8) is 0 Å². The summed E-state index contributed by atoms with van der Waals surface area (Å²) in [6.07, 6.45) is 0. The minimum absolute atomic E-state index is 0.0255. The van der Waals surface area contributed by atoms with Gasteiger partial charge in [-0.1, -0.05) is 0 Å². The second kappa shape index (κ2) is 6.68. The van der Waals surface area contributed by atoms with E-state index in [0.29, 0.717) is 11.1 Å². The Hall–Kier alpha value is -1.93. The van der Waals surface area contributed by atoms with Crippen molar-refractivity contribution in [2.45, 2.75) is 25.7 Å². The number of carbonyl (C=O) groups excluding carboxylic acids is 1. The summed E-state index contributed by atoms with van der Waals surface area (Å²) in [6, 6.07) is 2.55. The van der Waals surface area contributed by atoms with Gasteiger partial charge in [0.05, 0.1) is 10.5 Å². The Kier molecular flexibility index (Phi) is 5.45. The molecule has 1 rings (SSSR count). The minimum atomic E-state index is -3.83. The number of aryl methyl sites for hydroxylation is 1. The molecule has 7 nitrogen and oxygen atoms in total. The summed E-state index contributed by atoms with van der Waals surface area (Å²) >= 11 is 0. The maximum absolute atomic E-state index is 12.2. The van der Waals surface area contributed by atoms with E-state index in [1.165, 1.54) is 13.0 Å². The summed E-state index contributed by atoms with van der Waals surface area (Å²) in [4.78, 5) is 21.7. The highest BCUT2D eigenvalue weighted by molar-refractivity contribution is 7.89. The normalized spacial score (nSPS) is 11.2. The fourth-order valence-electron chi connectivity index (χ4n) is 1.73. The Morgan fingerprint density at radius 1 is 1.19 bits per heavy atom. The minimum Gasteiger partial charge on any atom is -0.478 e. The van der Waals surface area contributed by atoms with Crippen molar-refractivity contribution in [3.8, 4) is 0 Å². The van der Waals surface area contributed by atoms with E-state index in [4.69, 9.17) is 5.11 Å². The molecule has 0 aliphatic heterocycles. The summed E-state index contributed by atoms with van der Waals surface area (Å²) < 4.78 is 26.7. The Bertz CT molecular complexity index is 667. The molecule has 8 heteroatoms. The van der Waals surface area contributed by atoms with E-state index in [1.54, 1.807) is 13.8 Å². The Morgan fingerprint density at radius 2 is 1.81 bits per heavy atom. The van der Waals surface area contributed by atoms with Gasteiger partial charge in [-0.05, 0) is 37.1 Å². The smallest absolute Gasteiger partial charge is 0.335 e. The monoisotopic (exact) mass is 314 g/mol. The molecular formula is C13H18N2O5S. The number of sulfonamides is 1. The zero-order valence-corrected chi connectivity index (χ0v) is 12.9. The molecular weight excluding hydrogens is 296 g/mol. The number of rotatable bonds is 6. The van der Waals surface area contributed by atoms with Gasteiger partial charge in [0, 0.05) is 20.0 Å². The number of nitrogens with one attached hydrogen (secondary N) is 2. The fourth-order valence-corrected chi connectivity index (χ4v) is 3.10. The highest BCUT2D eigenvalue weighted by atomic mass is 32.2. The fraction of sp³-hybridized carbons (Fsp3) is 0.385. The Morgan fingerprint density at radius 3 is 2.33 bits per heavy atom. The first-order chi connectivity index (χ1) is 9.65. The Labute approximate surface area is 123 Å². The van der Waals surface area contributed by atoms with Crippen LogP contribution in [0.15, 0.2) is 17.0 Å². The first-order valence-corrected chi connectivity index (χ1v) is 7.72. The van der Waals surface area contributed by atoms with Gasteiger partial charge < -0.3 is 10.4 Å². The van der Waals surface area contributed by atoms with Crippen LogP contribution < -0.4 is 10.0 Å². The van der Waals surface area contributed by atoms with Crippen LogP contribution in [-0.2, 0) is 14.8 Å². The molecule has 0 unspecified atom stereocenters. The third-order valence-electron chi connectivity index (χ3n) is 2.95. The SMILES string of the molecule is CC(=O)NCCNS(=O)(=O)c1cc(C(=O)O)cc(C)c1C. The summed E-state index contributed by atoms with van der Waals surface area (Å²) in [5.41, 5.74) is 0.990. The maximum atomic E-state index is 12.2. The zero-order chi connectivity index (χ0) is 16.2. The molecule has 1 amide bonds. The van der Waals surface area contributed by atoms with Crippen LogP contribution in [0.4, 0.5) is 0 Å². The lowest BCUT2D eigenvalue weighted by Crippen LogP contribution is -2.34. The van der Waals surface area contributed by atoms with Gasteiger partial charge in [-0.25, -0.2) is 17.9 Å². The lowest BCUT2D eigenvalue weighted by atomic mass is 10.1. The lowest BCUT2D eigenvalue weighted by molar-refractivity contribution is -0.118. The molecule has 1 aromatic rings. The average Bonchev–Trinajstić information content (AvgIpc) is 2.37. The van der Waals surface area contributed by atoms with Crippen molar-refractivity contribution < 1.29 is 23.1 Å². The third-order valence-corrected chi connectivity index (χ3v) is 4.53. The first-order valence-electron chi connectivity index (χ1n) is 6.24. The molecule has 0 saturated heterocycles. The van der Waals surface area contributed by atoms with Gasteiger partial charge in [-0.2, -0.15) is 0 Å². The van der Waals surface area contributed by atoms with Gasteiger partial charge in [-0.15, -0.1) is 0 Å². The molecule has 3 N–H and O–H groups in total. The van der Waals surface area contributed by atoms with Gasteiger partial charge >= 0.3 is 5.97 Å². The molecule has 1 aromatic carbocycles. The second-order valence-electron chi connectivity index (χ2n) is 4.60. The van der Waals surface area contributed by atoms with Crippen LogP contribution in [0.2, 0.25) is 0 Å². The van der Waals surface area contributed by atoms with Crippen molar-refractivity contribution >= 4 is 21.9 Å². The van der Waals surface area contributed by atoms with Crippen molar-refractivity contribution in [3.05, 3.63) is 28.8 Å². The van der Waals surface area contributed by atoms with Crippen LogP contribution in [0.3, 0.4) is 0 Å². The van der Waals surface area contributed by atoms with Crippen molar-refractivity contribution in [1.29, 1.82) is 0 Å². The molecule has 0 aromatic heterocycles. The van der Waals surface area contributed by atoms with Gasteiger partial charge in [0.25, 0.3) is 0 Å². The Balaban J connectivity index is 3.02. The second-order valence-corrected chi connectivity index (χ2v) is 6.34. The number of amides is 1. The van der Waals surface area contributed by atoms with Crippen LogP contribution in [0.25, 0.3) is 0 Å². The predicted molar refractivity (Wildman–Crippen MR) is 76.7 cm³/mol. The van der Waals surface area contributed by atoms with Crippen LogP contribution in [0.1, 0.15) is 28.4 Å². The standard InChI is InChI=1S/C13H18N2O5S/c1-8-6-11(13(17)18)7-12(9(8)2)21(19,20)15-5-4-14-10(3)16/h6-7,15H,4-5H2,1-3H3,(H,14,16)(H,17,18). The topological polar surface area (TPSA) is 113 Å². The summed E-state index contributed by atoms with van der Waals surface area (Å²) in [7, 11) is -3.83. The molecule has 0 heterocycles. The molecule has 0 fully saturated rings. The van der Waals surface area contributed by atoms with Crippen LogP contribution in [0.5, 0.6) is 0 Å². The van der Waals surface area contributed by atoms with Crippen LogP contribution in [-0.4, -0.2) is 38.5 Å². The van der Waals surface area contributed by atoms with E-state index in [-0.39, 0.29) is 29.5 Å². The lowest BCUT2D eigenvalue weighted by Gasteiger charge is -2.12. The van der Waals surface area contributed by atoms with E-state index in [9.17, 15) is 18.0 Å². The molecule has 0 saturated carbocycles. The molecule has 21 heavy (non-hydrogen) atoms. The summed E-state index contributed by atoms with van der Waals surface area (Å²) in [5, 5.41) is 11.5. The zero-order valence-electron chi connectivity index (χ0n) is 12.1. The third kappa shape index (κ3) is 4.54. The van der Waals surface area contributed by atoms with Crippen LogP contribution >= 0.6 is 0 Å². The maximum Gasteiger partial charge on any atom is 0.335 e. The number of carboxylic acid groups (broad SMARTS) is 1. The highest BCUT2D eigenvalue weighted by Gasteiger charge is 2.20.